The van der Waals surface area contributed by atoms with E-state index in [4.69, 9.17) is 0 Å². The Morgan fingerprint density at radius 2 is 1.60 bits per heavy atom. The number of carbonyl (C=O) groups excluding carboxylic acids is 2. The third-order valence-corrected chi connectivity index (χ3v) is 6.28. The number of allylic oxidation sites excluding steroid dienone is 2. The average molecular weight is 397 g/mol. The van der Waals surface area contributed by atoms with Crippen LogP contribution in [0.4, 0.5) is 5.69 Å². The number of aromatic nitrogens is 1. The van der Waals surface area contributed by atoms with E-state index in [0.717, 1.165) is 28.6 Å². The van der Waals surface area contributed by atoms with E-state index in [1.807, 2.05) is 60.7 Å². The molecule has 2 aromatic carbocycles. The number of amides is 2. The van der Waals surface area contributed by atoms with Crippen LogP contribution in [0.15, 0.2) is 79.0 Å². The minimum Gasteiger partial charge on any atom is -0.350 e. The lowest BCUT2D eigenvalue weighted by Crippen LogP contribution is -2.41. The van der Waals surface area contributed by atoms with Crippen LogP contribution in [0.2, 0.25) is 0 Å². The van der Waals surface area contributed by atoms with Gasteiger partial charge in [0.1, 0.15) is 0 Å². The van der Waals surface area contributed by atoms with E-state index in [9.17, 15) is 9.59 Å². The van der Waals surface area contributed by atoms with Gasteiger partial charge in [-0.2, -0.15) is 0 Å². The number of hydrogen-bond donors (Lipinski definition) is 2. The largest absolute Gasteiger partial charge is 0.350 e. The van der Waals surface area contributed by atoms with E-state index >= 15 is 0 Å². The summed E-state index contributed by atoms with van der Waals surface area (Å²) in [5, 5.41) is 8.17. The van der Waals surface area contributed by atoms with Crippen molar-refractivity contribution >= 4 is 28.3 Å². The number of rotatable bonds is 5. The highest BCUT2D eigenvalue weighted by Gasteiger charge is 2.51. The first kappa shape index (κ1) is 18.6. The second-order valence-electron chi connectivity index (χ2n) is 8.05. The van der Waals surface area contributed by atoms with Crippen LogP contribution in [0.3, 0.4) is 0 Å². The molecule has 0 spiro atoms. The molecule has 4 atom stereocenters. The second kappa shape index (κ2) is 7.75. The number of carbonyl (C=O) groups is 2. The predicted molar refractivity (Wildman–Crippen MR) is 116 cm³/mol. The molecule has 4 unspecified atom stereocenters. The molecule has 5 nitrogen and oxygen atoms in total. The Morgan fingerprint density at radius 1 is 0.867 bits per heavy atom. The normalized spacial score (nSPS) is 24.1. The van der Waals surface area contributed by atoms with Crippen molar-refractivity contribution < 1.29 is 9.59 Å². The van der Waals surface area contributed by atoms with Crippen LogP contribution in [-0.4, -0.2) is 16.8 Å². The van der Waals surface area contributed by atoms with Crippen LogP contribution in [-0.2, 0) is 16.1 Å². The highest BCUT2D eigenvalue weighted by Crippen LogP contribution is 2.48. The van der Waals surface area contributed by atoms with Gasteiger partial charge in [-0.1, -0.05) is 54.6 Å². The van der Waals surface area contributed by atoms with E-state index in [0.29, 0.717) is 6.54 Å². The van der Waals surface area contributed by atoms with Gasteiger partial charge in [-0.05, 0) is 41.8 Å². The number of fused-ring (bicyclic) bond motifs is 3. The predicted octanol–water partition coefficient (Wildman–Crippen LogP) is 3.93. The fraction of sp³-hybridized carbons (Fsp3) is 0.240. The van der Waals surface area contributed by atoms with Crippen molar-refractivity contribution in [3.63, 3.8) is 0 Å². The summed E-state index contributed by atoms with van der Waals surface area (Å²) in [6.45, 7) is 0.370. The zero-order valence-electron chi connectivity index (χ0n) is 16.5. The Hall–Kier alpha value is -3.47. The monoisotopic (exact) mass is 397 g/mol. The van der Waals surface area contributed by atoms with Gasteiger partial charge in [-0.25, -0.2) is 0 Å². The molecule has 5 rings (SSSR count). The standard InChI is InChI=1S/C25H23N3O2/c29-24(27-15-19-8-3-4-13-26-19)22-17-11-12-18(14-17)23(22)25(30)28-21-10-5-7-16-6-1-2-9-20(16)21/h1-13,17-18,22-23H,14-15H2,(H,27,29)(H,28,30). The molecule has 0 saturated heterocycles. The number of hydrogen-bond acceptors (Lipinski definition) is 3. The molecule has 2 bridgehead atoms. The topological polar surface area (TPSA) is 71.1 Å². The van der Waals surface area contributed by atoms with Crippen LogP contribution in [0.25, 0.3) is 10.8 Å². The van der Waals surface area contributed by atoms with Crippen LogP contribution in [0, 0.1) is 23.7 Å². The second-order valence-corrected chi connectivity index (χ2v) is 8.05. The summed E-state index contributed by atoms with van der Waals surface area (Å²) in [6.07, 6.45) is 6.76. The Labute approximate surface area is 175 Å². The first-order chi connectivity index (χ1) is 14.7. The van der Waals surface area contributed by atoms with E-state index in [-0.39, 0.29) is 35.5 Å². The van der Waals surface area contributed by atoms with Gasteiger partial charge in [0.15, 0.2) is 0 Å². The van der Waals surface area contributed by atoms with E-state index in [1.54, 1.807) is 6.20 Å². The first-order valence-electron chi connectivity index (χ1n) is 10.4. The lowest BCUT2D eigenvalue weighted by atomic mass is 9.81. The molecule has 2 amide bonds. The zero-order chi connectivity index (χ0) is 20.5. The minimum absolute atomic E-state index is 0.0735. The van der Waals surface area contributed by atoms with Crippen molar-refractivity contribution in [3.8, 4) is 0 Å². The summed E-state index contributed by atoms with van der Waals surface area (Å²) >= 11 is 0. The van der Waals surface area contributed by atoms with E-state index in [2.05, 4.69) is 27.8 Å². The summed E-state index contributed by atoms with van der Waals surface area (Å²) in [4.78, 5) is 30.6. The van der Waals surface area contributed by atoms with Crippen molar-refractivity contribution in [3.05, 3.63) is 84.7 Å². The molecule has 0 aliphatic heterocycles. The Morgan fingerprint density at radius 3 is 2.40 bits per heavy atom. The fourth-order valence-electron chi connectivity index (χ4n) is 4.89. The summed E-state index contributed by atoms with van der Waals surface area (Å²) in [6, 6.07) is 19.5. The van der Waals surface area contributed by atoms with Crippen LogP contribution in [0.1, 0.15) is 12.1 Å². The number of pyridine rings is 1. The molecule has 1 saturated carbocycles. The van der Waals surface area contributed by atoms with Gasteiger partial charge in [0.05, 0.1) is 24.1 Å². The average Bonchev–Trinajstić information content (AvgIpc) is 3.40. The van der Waals surface area contributed by atoms with Crippen molar-refractivity contribution in [1.29, 1.82) is 0 Å². The Bertz CT molecular complexity index is 1120. The molecule has 2 aliphatic carbocycles. The lowest BCUT2D eigenvalue weighted by molar-refractivity contribution is -0.133. The zero-order valence-corrected chi connectivity index (χ0v) is 16.5. The molecule has 2 N–H and O–H groups in total. The van der Waals surface area contributed by atoms with Gasteiger partial charge in [0.25, 0.3) is 0 Å². The number of nitrogens with one attached hydrogen (secondary N) is 2. The third-order valence-electron chi connectivity index (χ3n) is 6.28. The Kier molecular flexibility index (Phi) is 4.79. The number of nitrogens with zero attached hydrogens (tertiary/aromatic N) is 1. The highest BCUT2D eigenvalue weighted by molar-refractivity contribution is 6.04. The molecular formula is C25H23N3O2. The molecule has 30 heavy (non-hydrogen) atoms. The van der Waals surface area contributed by atoms with Crippen LogP contribution in [0.5, 0.6) is 0 Å². The van der Waals surface area contributed by atoms with E-state index < -0.39 is 0 Å². The molecule has 1 fully saturated rings. The lowest BCUT2D eigenvalue weighted by Gasteiger charge is -2.26. The van der Waals surface area contributed by atoms with Crippen LogP contribution >= 0.6 is 0 Å². The van der Waals surface area contributed by atoms with Crippen molar-refractivity contribution in [2.24, 2.45) is 23.7 Å². The minimum atomic E-state index is -0.359. The third kappa shape index (κ3) is 3.36. The van der Waals surface area contributed by atoms with Gasteiger partial charge >= 0.3 is 0 Å². The van der Waals surface area contributed by atoms with Crippen molar-refractivity contribution in [2.45, 2.75) is 13.0 Å². The summed E-state index contributed by atoms with van der Waals surface area (Å²) in [5.74, 6) is -0.643. The quantitative estimate of drug-likeness (QED) is 0.641. The molecule has 1 aromatic heterocycles. The summed E-state index contributed by atoms with van der Waals surface area (Å²) in [7, 11) is 0. The highest BCUT2D eigenvalue weighted by atomic mass is 16.2. The van der Waals surface area contributed by atoms with Gasteiger partial charge in [-0.15, -0.1) is 0 Å². The van der Waals surface area contributed by atoms with Crippen molar-refractivity contribution in [2.75, 3.05) is 5.32 Å². The first-order valence-corrected chi connectivity index (χ1v) is 10.4. The van der Waals surface area contributed by atoms with Gasteiger partial charge in [0, 0.05) is 17.3 Å². The molecule has 2 aliphatic rings. The molecule has 1 heterocycles. The molecule has 150 valence electrons. The van der Waals surface area contributed by atoms with Gasteiger partial charge in [0.2, 0.25) is 11.8 Å². The summed E-state index contributed by atoms with van der Waals surface area (Å²) < 4.78 is 0. The van der Waals surface area contributed by atoms with Gasteiger partial charge in [-0.3, -0.25) is 14.6 Å². The number of benzene rings is 2. The van der Waals surface area contributed by atoms with Gasteiger partial charge < -0.3 is 10.6 Å². The number of anilines is 1. The molecular weight excluding hydrogens is 374 g/mol. The molecule has 3 aromatic rings. The van der Waals surface area contributed by atoms with Crippen molar-refractivity contribution in [1.82, 2.24) is 10.3 Å². The maximum absolute atomic E-state index is 13.3. The maximum Gasteiger partial charge on any atom is 0.228 e. The molecule has 0 radical (unpaired) electrons. The SMILES string of the molecule is O=C(NCc1ccccn1)C1C2C=CC(C2)C1C(=O)Nc1cccc2ccccc12. The van der Waals surface area contributed by atoms with Crippen LogP contribution < -0.4 is 10.6 Å². The fourth-order valence-corrected chi connectivity index (χ4v) is 4.89. The van der Waals surface area contributed by atoms with E-state index in [1.165, 1.54) is 0 Å². The molecule has 5 heteroatoms. The maximum atomic E-state index is 13.3. The Balaban J connectivity index is 1.35. The smallest absolute Gasteiger partial charge is 0.228 e. The summed E-state index contributed by atoms with van der Waals surface area (Å²) in [5.41, 5.74) is 1.60.